The van der Waals surface area contributed by atoms with Crippen LogP contribution in [0.25, 0.3) is 0 Å². The monoisotopic (exact) mass is 429 g/mol. The molecule has 2 aliphatic heterocycles. The molecule has 0 aromatic heterocycles. The molecule has 0 saturated carbocycles. The maximum absolute atomic E-state index is 13.8. The van der Waals surface area contributed by atoms with Gasteiger partial charge in [-0.25, -0.2) is 9.18 Å². The molecule has 2 aromatic rings. The van der Waals surface area contributed by atoms with Crippen molar-refractivity contribution in [2.45, 2.75) is 17.7 Å². The van der Waals surface area contributed by atoms with Gasteiger partial charge in [0.2, 0.25) is 0 Å². The number of halogens is 1. The Morgan fingerprint density at radius 1 is 1.07 bits per heavy atom. The summed E-state index contributed by atoms with van der Waals surface area (Å²) in [5, 5.41) is 2.64. The maximum Gasteiger partial charge on any atom is 0.321 e. The third-order valence-corrected chi connectivity index (χ3v) is 7.26. The molecule has 0 aliphatic carbocycles. The Morgan fingerprint density at radius 2 is 1.77 bits per heavy atom. The smallest absolute Gasteiger partial charge is 0.321 e. The highest BCUT2D eigenvalue weighted by Gasteiger charge is 2.47. The topological polar surface area (TPSA) is 61.9 Å². The van der Waals surface area contributed by atoms with Gasteiger partial charge < -0.3 is 19.9 Å². The van der Waals surface area contributed by atoms with Crippen LogP contribution in [0.2, 0.25) is 0 Å². The fourth-order valence-electron chi connectivity index (χ4n) is 4.01. The summed E-state index contributed by atoms with van der Waals surface area (Å²) in [6, 6.07) is 13.0. The maximum atomic E-state index is 13.8. The number of carbonyl (C=O) groups is 2. The summed E-state index contributed by atoms with van der Waals surface area (Å²) >= 11 is 1.79. The summed E-state index contributed by atoms with van der Waals surface area (Å²) in [5.41, 5.74) is 0.812. The van der Waals surface area contributed by atoms with E-state index in [4.69, 9.17) is 4.74 Å². The third kappa shape index (κ3) is 3.96. The molecular formula is C22H24FN3O3S. The van der Waals surface area contributed by atoms with Gasteiger partial charge in [0.15, 0.2) is 0 Å². The number of nitrogens with zero attached hydrogens (tertiary/aromatic N) is 2. The summed E-state index contributed by atoms with van der Waals surface area (Å²) in [7, 11) is 1.60. The number of piperidine rings is 1. The first-order valence-corrected chi connectivity index (χ1v) is 10.9. The van der Waals surface area contributed by atoms with E-state index >= 15 is 0 Å². The van der Waals surface area contributed by atoms with Crippen LogP contribution < -0.4 is 10.1 Å². The molecule has 2 aromatic carbocycles. The lowest BCUT2D eigenvalue weighted by atomic mass is 10.0. The van der Waals surface area contributed by atoms with Crippen molar-refractivity contribution in [1.82, 2.24) is 9.80 Å². The number of rotatable bonds is 3. The molecule has 1 spiro atoms. The minimum absolute atomic E-state index is 0.00640. The molecule has 30 heavy (non-hydrogen) atoms. The van der Waals surface area contributed by atoms with E-state index in [1.807, 2.05) is 4.90 Å². The molecule has 2 aliphatic rings. The Labute approximate surface area is 179 Å². The average Bonchev–Trinajstić information content (AvgIpc) is 3.18. The molecule has 0 atom stereocenters. The van der Waals surface area contributed by atoms with Gasteiger partial charge in [-0.2, -0.15) is 0 Å². The lowest BCUT2D eigenvalue weighted by molar-refractivity contribution is 0.0585. The summed E-state index contributed by atoms with van der Waals surface area (Å²) in [5.74, 6) is 1.14. The Hall–Kier alpha value is -2.74. The first-order valence-electron chi connectivity index (χ1n) is 9.93. The quantitative estimate of drug-likeness (QED) is 0.800. The predicted molar refractivity (Wildman–Crippen MR) is 115 cm³/mol. The van der Waals surface area contributed by atoms with E-state index in [1.54, 1.807) is 66.2 Å². The van der Waals surface area contributed by atoms with Crippen LogP contribution in [0.4, 0.5) is 14.9 Å². The van der Waals surface area contributed by atoms with E-state index in [0.29, 0.717) is 43.8 Å². The molecule has 0 unspecified atom stereocenters. The summed E-state index contributed by atoms with van der Waals surface area (Å²) in [4.78, 5) is 29.1. The standard InChI is InChI=1S/C22H24FN3O3S/c1-29-17-8-6-16(7-9-17)20(27)26-14-15-30-22(26)10-12-25(13-11-22)21(28)24-19-5-3-2-4-18(19)23/h2-9H,10-15H2,1H3,(H,24,28). The molecular weight excluding hydrogens is 405 g/mol. The van der Waals surface area contributed by atoms with Crippen molar-refractivity contribution >= 4 is 29.4 Å². The first-order chi connectivity index (χ1) is 14.5. The molecule has 2 fully saturated rings. The normalized spacial score (nSPS) is 17.8. The van der Waals surface area contributed by atoms with Crippen LogP contribution in [0.1, 0.15) is 23.2 Å². The lowest BCUT2D eigenvalue weighted by Gasteiger charge is -2.44. The molecule has 2 heterocycles. The Bertz CT molecular complexity index is 929. The lowest BCUT2D eigenvalue weighted by Crippen LogP contribution is -2.54. The van der Waals surface area contributed by atoms with Crippen molar-refractivity contribution in [3.05, 3.63) is 59.9 Å². The van der Waals surface area contributed by atoms with E-state index < -0.39 is 5.82 Å². The van der Waals surface area contributed by atoms with Crippen molar-refractivity contribution in [1.29, 1.82) is 0 Å². The second kappa shape index (κ2) is 8.55. The van der Waals surface area contributed by atoms with E-state index in [-0.39, 0.29) is 22.5 Å². The number of carbonyl (C=O) groups excluding carboxylic acids is 2. The molecule has 3 amide bonds. The van der Waals surface area contributed by atoms with Gasteiger partial charge in [-0.05, 0) is 49.2 Å². The number of para-hydroxylation sites is 1. The summed E-state index contributed by atoms with van der Waals surface area (Å²) in [6.07, 6.45) is 1.37. The number of benzene rings is 2. The Kier molecular flexibility index (Phi) is 5.85. The highest BCUT2D eigenvalue weighted by atomic mass is 32.2. The largest absolute Gasteiger partial charge is 0.497 e. The molecule has 6 nitrogen and oxygen atoms in total. The number of hydrogen-bond acceptors (Lipinski definition) is 4. The van der Waals surface area contributed by atoms with Gasteiger partial charge in [-0.1, -0.05) is 12.1 Å². The van der Waals surface area contributed by atoms with E-state index in [0.717, 1.165) is 5.75 Å². The van der Waals surface area contributed by atoms with Crippen molar-refractivity contribution in [2.75, 3.05) is 37.8 Å². The van der Waals surface area contributed by atoms with Crippen molar-refractivity contribution < 1.29 is 18.7 Å². The van der Waals surface area contributed by atoms with Gasteiger partial charge in [0.25, 0.3) is 5.91 Å². The number of urea groups is 1. The minimum atomic E-state index is -0.457. The van der Waals surface area contributed by atoms with Crippen LogP contribution in [0.15, 0.2) is 48.5 Å². The van der Waals surface area contributed by atoms with Gasteiger partial charge in [0.1, 0.15) is 11.6 Å². The molecule has 1 N–H and O–H groups in total. The molecule has 0 bridgehead atoms. The number of amides is 3. The highest BCUT2D eigenvalue weighted by Crippen LogP contribution is 2.44. The molecule has 2 saturated heterocycles. The van der Waals surface area contributed by atoms with Crippen LogP contribution in [0.3, 0.4) is 0 Å². The fourth-order valence-corrected chi connectivity index (χ4v) is 5.47. The minimum Gasteiger partial charge on any atom is -0.497 e. The highest BCUT2D eigenvalue weighted by molar-refractivity contribution is 8.00. The summed E-state index contributed by atoms with van der Waals surface area (Å²) in [6.45, 7) is 1.72. The molecule has 4 rings (SSSR count). The Morgan fingerprint density at radius 3 is 2.43 bits per heavy atom. The zero-order valence-electron chi connectivity index (χ0n) is 16.8. The SMILES string of the molecule is COc1ccc(C(=O)N2CCSC23CCN(C(=O)Nc2ccccc2F)CC3)cc1. The predicted octanol–water partition coefficient (Wildman–Crippen LogP) is 4.05. The third-order valence-electron chi connectivity index (χ3n) is 5.71. The number of hydrogen-bond donors (Lipinski definition) is 1. The van der Waals surface area contributed by atoms with Crippen LogP contribution >= 0.6 is 11.8 Å². The van der Waals surface area contributed by atoms with Crippen molar-refractivity contribution in [2.24, 2.45) is 0 Å². The zero-order chi connectivity index (χ0) is 21.1. The number of nitrogens with one attached hydrogen (secondary N) is 1. The van der Waals surface area contributed by atoms with E-state index in [1.165, 1.54) is 6.07 Å². The van der Waals surface area contributed by atoms with Gasteiger partial charge in [-0.15, -0.1) is 11.8 Å². The second-order valence-corrected chi connectivity index (χ2v) is 8.83. The first kappa shape index (κ1) is 20.5. The zero-order valence-corrected chi connectivity index (χ0v) is 17.6. The van der Waals surface area contributed by atoms with Crippen LogP contribution in [0, 0.1) is 5.82 Å². The second-order valence-electron chi connectivity index (χ2n) is 7.38. The number of anilines is 1. The molecule has 8 heteroatoms. The van der Waals surface area contributed by atoms with Crippen LogP contribution in [-0.2, 0) is 0 Å². The average molecular weight is 430 g/mol. The number of thioether (sulfide) groups is 1. The van der Waals surface area contributed by atoms with E-state index in [9.17, 15) is 14.0 Å². The van der Waals surface area contributed by atoms with Crippen molar-refractivity contribution in [3.63, 3.8) is 0 Å². The Balaban J connectivity index is 1.41. The molecule has 158 valence electrons. The van der Waals surface area contributed by atoms with Crippen LogP contribution in [-0.4, -0.2) is 59.1 Å². The van der Waals surface area contributed by atoms with Gasteiger partial charge in [-0.3, -0.25) is 4.79 Å². The van der Waals surface area contributed by atoms with Gasteiger partial charge in [0.05, 0.1) is 17.7 Å². The number of ether oxygens (including phenoxy) is 1. The van der Waals surface area contributed by atoms with Gasteiger partial charge in [0, 0.05) is 31.0 Å². The fraction of sp³-hybridized carbons (Fsp3) is 0.364. The number of methoxy groups -OCH3 is 1. The molecule has 0 radical (unpaired) electrons. The van der Waals surface area contributed by atoms with Crippen molar-refractivity contribution in [3.8, 4) is 5.75 Å². The van der Waals surface area contributed by atoms with E-state index in [2.05, 4.69) is 5.32 Å². The number of likely N-dealkylation sites (tertiary alicyclic amines) is 1. The summed E-state index contributed by atoms with van der Waals surface area (Å²) < 4.78 is 19.0. The van der Waals surface area contributed by atoms with Gasteiger partial charge >= 0.3 is 6.03 Å². The van der Waals surface area contributed by atoms with Crippen LogP contribution in [0.5, 0.6) is 5.75 Å².